The highest BCUT2D eigenvalue weighted by atomic mass is 35.5. The van der Waals surface area contributed by atoms with Gasteiger partial charge in [0.25, 0.3) is 0 Å². The number of halogens is 1. The number of esters is 1. The molecule has 16 heavy (non-hydrogen) atoms. The standard InChI is InChI=1S/C12H16ClNO2/c1-9(14-8-7-12(15)16-2)10-3-5-11(13)6-4-10/h3-6,9,14H,7-8H2,1-2H3/t9-/m0/s1. The summed E-state index contributed by atoms with van der Waals surface area (Å²) < 4.78 is 4.56. The second-order valence-electron chi connectivity index (χ2n) is 3.55. The number of hydrogen-bond acceptors (Lipinski definition) is 3. The van der Waals surface area contributed by atoms with E-state index in [0.717, 1.165) is 10.6 Å². The van der Waals surface area contributed by atoms with Crippen LogP contribution >= 0.6 is 11.6 Å². The van der Waals surface area contributed by atoms with Gasteiger partial charge in [0, 0.05) is 17.6 Å². The van der Waals surface area contributed by atoms with E-state index in [1.807, 2.05) is 31.2 Å². The fraction of sp³-hybridized carbons (Fsp3) is 0.417. The zero-order chi connectivity index (χ0) is 12.0. The summed E-state index contributed by atoms with van der Waals surface area (Å²) in [7, 11) is 1.39. The zero-order valence-electron chi connectivity index (χ0n) is 9.50. The van der Waals surface area contributed by atoms with Crippen molar-refractivity contribution in [1.29, 1.82) is 0 Å². The third kappa shape index (κ3) is 4.21. The van der Waals surface area contributed by atoms with Gasteiger partial charge in [0.15, 0.2) is 0 Å². The van der Waals surface area contributed by atoms with Gasteiger partial charge in [-0.3, -0.25) is 4.79 Å². The Kier molecular flexibility index (Phi) is 5.29. The number of ether oxygens (including phenoxy) is 1. The molecular weight excluding hydrogens is 226 g/mol. The minimum atomic E-state index is -0.198. The summed E-state index contributed by atoms with van der Waals surface area (Å²) in [5.41, 5.74) is 1.15. The van der Waals surface area contributed by atoms with Crippen LogP contribution in [-0.4, -0.2) is 19.6 Å². The Bertz CT molecular complexity index is 337. The fourth-order valence-corrected chi connectivity index (χ4v) is 1.49. The van der Waals surface area contributed by atoms with Crippen molar-refractivity contribution in [2.75, 3.05) is 13.7 Å². The number of benzene rings is 1. The summed E-state index contributed by atoms with van der Waals surface area (Å²) in [6.45, 7) is 2.65. The van der Waals surface area contributed by atoms with Crippen molar-refractivity contribution in [2.45, 2.75) is 19.4 Å². The first-order valence-corrected chi connectivity index (χ1v) is 5.57. The quantitative estimate of drug-likeness (QED) is 0.806. The van der Waals surface area contributed by atoms with Crippen LogP contribution in [0.3, 0.4) is 0 Å². The molecule has 0 spiro atoms. The van der Waals surface area contributed by atoms with Gasteiger partial charge in [0.2, 0.25) is 0 Å². The van der Waals surface area contributed by atoms with Crippen molar-refractivity contribution < 1.29 is 9.53 Å². The first kappa shape index (κ1) is 13.0. The molecule has 0 aliphatic rings. The van der Waals surface area contributed by atoms with Gasteiger partial charge in [-0.25, -0.2) is 0 Å². The number of methoxy groups -OCH3 is 1. The molecule has 0 fully saturated rings. The second kappa shape index (κ2) is 6.51. The largest absolute Gasteiger partial charge is 0.469 e. The maximum atomic E-state index is 10.9. The molecule has 1 rings (SSSR count). The Morgan fingerprint density at radius 2 is 2.06 bits per heavy atom. The Hall–Kier alpha value is -1.06. The average molecular weight is 242 g/mol. The highest BCUT2D eigenvalue weighted by molar-refractivity contribution is 6.30. The predicted molar refractivity (Wildman–Crippen MR) is 64.5 cm³/mol. The third-order valence-corrected chi connectivity index (χ3v) is 2.63. The van der Waals surface area contributed by atoms with Crippen LogP contribution in [0.2, 0.25) is 5.02 Å². The molecule has 0 aliphatic heterocycles. The molecular formula is C12H16ClNO2. The molecule has 0 aromatic heterocycles. The van der Waals surface area contributed by atoms with Crippen LogP contribution in [0.15, 0.2) is 24.3 Å². The molecule has 0 radical (unpaired) electrons. The lowest BCUT2D eigenvalue weighted by Gasteiger charge is -2.13. The molecule has 0 saturated heterocycles. The van der Waals surface area contributed by atoms with E-state index in [2.05, 4.69) is 10.1 Å². The summed E-state index contributed by atoms with van der Waals surface area (Å²) in [6, 6.07) is 7.85. The lowest BCUT2D eigenvalue weighted by Crippen LogP contribution is -2.22. The fourth-order valence-electron chi connectivity index (χ4n) is 1.36. The van der Waals surface area contributed by atoms with Crippen molar-refractivity contribution in [3.63, 3.8) is 0 Å². The Morgan fingerprint density at radius 1 is 1.44 bits per heavy atom. The van der Waals surface area contributed by atoms with E-state index in [-0.39, 0.29) is 12.0 Å². The van der Waals surface area contributed by atoms with Gasteiger partial charge in [-0.05, 0) is 24.6 Å². The van der Waals surface area contributed by atoms with Gasteiger partial charge < -0.3 is 10.1 Å². The van der Waals surface area contributed by atoms with Crippen LogP contribution < -0.4 is 5.32 Å². The Morgan fingerprint density at radius 3 is 2.62 bits per heavy atom. The number of carbonyl (C=O) groups is 1. The molecule has 88 valence electrons. The molecule has 3 nitrogen and oxygen atoms in total. The third-order valence-electron chi connectivity index (χ3n) is 2.38. The lowest BCUT2D eigenvalue weighted by atomic mass is 10.1. The minimum Gasteiger partial charge on any atom is -0.469 e. The number of rotatable bonds is 5. The summed E-state index contributed by atoms with van der Waals surface area (Å²) >= 11 is 5.80. The SMILES string of the molecule is COC(=O)CCN[C@@H](C)c1ccc(Cl)cc1. The molecule has 1 aromatic carbocycles. The van der Waals surface area contributed by atoms with Gasteiger partial charge in [0.05, 0.1) is 13.5 Å². The van der Waals surface area contributed by atoms with Gasteiger partial charge >= 0.3 is 5.97 Å². The van der Waals surface area contributed by atoms with Gasteiger partial charge in [-0.15, -0.1) is 0 Å². The number of hydrogen-bond donors (Lipinski definition) is 1. The van der Waals surface area contributed by atoms with E-state index in [9.17, 15) is 4.79 Å². The van der Waals surface area contributed by atoms with Gasteiger partial charge in [0.1, 0.15) is 0 Å². The first-order valence-electron chi connectivity index (χ1n) is 5.19. The molecule has 1 aromatic rings. The van der Waals surface area contributed by atoms with E-state index in [1.165, 1.54) is 7.11 Å². The minimum absolute atomic E-state index is 0.196. The molecule has 0 saturated carbocycles. The second-order valence-corrected chi connectivity index (χ2v) is 3.99. The van der Waals surface area contributed by atoms with E-state index in [4.69, 9.17) is 11.6 Å². The van der Waals surface area contributed by atoms with Crippen molar-refractivity contribution in [3.05, 3.63) is 34.9 Å². The molecule has 1 atom stereocenters. The Labute approximate surface area is 101 Å². The van der Waals surface area contributed by atoms with Crippen LogP contribution in [0.5, 0.6) is 0 Å². The van der Waals surface area contributed by atoms with Crippen LogP contribution in [0.4, 0.5) is 0 Å². The molecule has 0 heterocycles. The summed E-state index contributed by atoms with van der Waals surface area (Å²) in [5, 5.41) is 3.97. The zero-order valence-corrected chi connectivity index (χ0v) is 10.3. The van der Waals surface area contributed by atoms with E-state index in [1.54, 1.807) is 0 Å². The molecule has 0 amide bonds. The highest BCUT2D eigenvalue weighted by Gasteiger charge is 2.05. The lowest BCUT2D eigenvalue weighted by molar-refractivity contribution is -0.140. The average Bonchev–Trinajstić information content (AvgIpc) is 2.29. The summed E-state index contributed by atoms with van der Waals surface area (Å²) in [4.78, 5) is 10.9. The van der Waals surface area contributed by atoms with Gasteiger partial charge in [-0.2, -0.15) is 0 Å². The summed E-state index contributed by atoms with van der Waals surface area (Å²) in [6.07, 6.45) is 0.383. The topological polar surface area (TPSA) is 38.3 Å². The molecule has 1 N–H and O–H groups in total. The smallest absolute Gasteiger partial charge is 0.306 e. The Balaban J connectivity index is 2.37. The van der Waals surface area contributed by atoms with E-state index < -0.39 is 0 Å². The molecule has 0 aliphatic carbocycles. The highest BCUT2D eigenvalue weighted by Crippen LogP contribution is 2.15. The predicted octanol–water partition coefficient (Wildman–Crippen LogP) is 2.55. The van der Waals surface area contributed by atoms with Crippen molar-refractivity contribution >= 4 is 17.6 Å². The van der Waals surface area contributed by atoms with Crippen molar-refractivity contribution in [1.82, 2.24) is 5.32 Å². The van der Waals surface area contributed by atoms with E-state index >= 15 is 0 Å². The molecule has 0 unspecified atom stereocenters. The number of nitrogens with one attached hydrogen (secondary N) is 1. The number of carbonyl (C=O) groups excluding carboxylic acids is 1. The van der Waals surface area contributed by atoms with Crippen LogP contribution in [0.25, 0.3) is 0 Å². The first-order chi connectivity index (χ1) is 7.63. The maximum Gasteiger partial charge on any atom is 0.306 e. The van der Waals surface area contributed by atoms with Gasteiger partial charge in [-0.1, -0.05) is 23.7 Å². The molecule has 0 bridgehead atoms. The normalized spacial score (nSPS) is 12.2. The van der Waals surface area contributed by atoms with Crippen molar-refractivity contribution in [3.8, 4) is 0 Å². The van der Waals surface area contributed by atoms with Crippen molar-refractivity contribution in [2.24, 2.45) is 0 Å². The monoisotopic (exact) mass is 241 g/mol. The maximum absolute atomic E-state index is 10.9. The molecule has 4 heteroatoms. The van der Waals surface area contributed by atoms with Crippen LogP contribution in [0, 0.1) is 0 Å². The van der Waals surface area contributed by atoms with Crippen LogP contribution in [0.1, 0.15) is 24.9 Å². The van der Waals surface area contributed by atoms with Crippen LogP contribution in [-0.2, 0) is 9.53 Å². The summed E-state index contributed by atoms with van der Waals surface area (Å²) in [5.74, 6) is -0.198. The van der Waals surface area contributed by atoms with E-state index in [0.29, 0.717) is 13.0 Å².